The third-order valence-corrected chi connectivity index (χ3v) is 4.90. The first-order valence-corrected chi connectivity index (χ1v) is 8.87. The third-order valence-electron chi connectivity index (χ3n) is 4.16. The average molecular weight is 417 g/mol. The van der Waals surface area contributed by atoms with Crippen molar-refractivity contribution in [2.75, 3.05) is 26.2 Å². The summed E-state index contributed by atoms with van der Waals surface area (Å²) in [7, 11) is 0. The zero-order valence-corrected chi connectivity index (χ0v) is 16.3. The Morgan fingerprint density at radius 1 is 1.27 bits per heavy atom. The zero-order chi connectivity index (χ0) is 17.6. The molecule has 0 spiro atoms. The number of carbonyl (C=O) groups excluding carboxylic acids is 1. The molecule has 2 atom stereocenters. The van der Waals surface area contributed by atoms with Gasteiger partial charge in [-0.1, -0.05) is 35.3 Å². The molecule has 5 nitrogen and oxygen atoms in total. The van der Waals surface area contributed by atoms with Gasteiger partial charge >= 0.3 is 0 Å². The smallest absolute Gasteiger partial charge is 0.269 e. The Morgan fingerprint density at radius 2 is 2.12 bits per heavy atom. The van der Waals surface area contributed by atoms with Gasteiger partial charge in [0.05, 0.1) is 22.8 Å². The van der Waals surface area contributed by atoms with E-state index in [0.717, 1.165) is 18.7 Å². The highest BCUT2D eigenvalue weighted by Gasteiger charge is 2.27. The summed E-state index contributed by atoms with van der Waals surface area (Å²) in [6.07, 6.45) is 1.43. The monoisotopic (exact) mass is 415 g/mol. The Morgan fingerprint density at radius 3 is 2.85 bits per heavy atom. The summed E-state index contributed by atoms with van der Waals surface area (Å²) in [4.78, 5) is 16.3. The summed E-state index contributed by atoms with van der Waals surface area (Å²) < 4.78 is 5.95. The van der Waals surface area contributed by atoms with E-state index in [9.17, 15) is 4.79 Å². The normalized spacial score (nSPS) is 19.9. The first-order valence-electron chi connectivity index (χ1n) is 8.11. The number of hydrogen-bond acceptors (Lipinski definition) is 4. The molecular formula is C18H20Cl3N3O2. The Balaban J connectivity index is 0.00000243. The van der Waals surface area contributed by atoms with Crippen molar-refractivity contribution in [2.45, 2.75) is 12.0 Å². The van der Waals surface area contributed by atoms with E-state index in [2.05, 4.69) is 15.6 Å². The van der Waals surface area contributed by atoms with Gasteiger partial charge in [0.15, 0.2) is 0 Å². The second-order valence-corrected chi connectivity index (χ2v) is 6.63. The zero-order valence-electron chi connectivity index (χ0n) is 14.0. The maximum Gasteiger partial charge on any atom is 0.269 e. The van der Waals surface area contributed by atoms with Crippen molar-refractivity contribution in [1.82, 2.24) is 15.6 Å². The van der Waals surface area contributed by atoms with E-state index >= 15 is 0 Å². The fourth-order valence-electron chi connectivity index (χ4n) is 2.85. The molecule has 26 heavy (non-hydrogen) atoms. The van der Waals surface area contributed by atoms with Crippen molar-refractivity contribution in [2.24, 2.45) is 0 Å². The molecule has 0 radical (unpaired) electrons. The molecule has 1 aromatic heterocycles. The van der Waals surface area contributed by atoms with Crippen LogP contribution in [0.5, 0.6) is 0 Å². The molecule has 2 N–H and O–H groups in total. The van der Waals surface area contributed by atoms with E-state index in [1.807, 2.05) is 12.1 Å². The highest BCUT2D eigenvalue weighted by Crippen LogP contribution is 2.29. The molecular weight excluding hydrogens is 397 g/mol. The molecule has 140 valence electrons. The lowest BCUT2D eigenvalue weighted by molar-refractivity contribution is 0.0498. The molecule has 2 aromatic rings. The highest BCUT2D eigenvalue weighted by molar-refractivity contribution is 6.42. The molecule has 3 rings (SSSR count). The largest absolute Gasteiger partial charge is 0.374 e. The van der Waals surface area contributed by atoms with E-state index in [1.165, 1.54) is 0 Å². The summed E-state index contributed by atoms with van der Waals surface area (Å²) in [5.41, 5.74) is 1.42. The van der Waals surface area contributed by atoms with E-state index in [1.54, 1.807) is 30.5 Å². The van der Waals surface area contributed by atoms with Gasteiger partial charge in [0, 0.05) is 31.7 Å². The Bertz CT molecular complexity index is 731. The minimum atomic E-state index is -0.214. The van der Waals surface area contributed by atoms with Crippen LogP contribution in [0.2, 0.25) is 10.0 Å². The third kappa shape index (κ3) is 5.32. The van der Waals surface area contributed by atoms with Crippen LogP contribution >= 0.6 is 35.6 Å². The molecule has 0 bridgehead atoms. The van der Waals surface area contributed by atoms with E-state index in [4.69, 9.17) is 27.9 Å². The first kappa shape index (κ1) is 20.9. The quantitative estimate of drug-likeness (QED) is 0.802. The van der Waals surface area contributed by atoms with Crippen LogP contribution in [0.15, 0.2) is 42.6 Å². The lowest BCUT2D eigenvalue weighted by Crippen LogP contribution is -2.38. The first-order chi connectivity index (χ1) is 12.1. The fraction of sp³-hybridized carbons (Fsp3) is 0.333. The van der Waals surface area contributed by atoms with Gasteiger partial charge in [0.2, 0.25) is 0 Å². The Labute approximate surface area is 168 Å². The number of nitrogens with zero attached hydrogens (tertiary/aromatic N) is 1. The second-order valence-electron chi connectivity index (χ2n) is 5.82. The van der Waals surface area contributed by atoms with Crippen molar-refractivity contribution < 1.29 is 9.53 Å². The summed E-state index contributed by atoms with van der Waals surface area (Å²) >= 11 is 12.2. The fourth-order valence-corrected chi connectivity index (χ4v) is 3.15. The summed E-state index contributed by atoms with van der Waals surface area (Å²) in [6.45, 7) is 2.48. The van der Waals surface area contributed by atoms with Crippen LogP contribution in [0.25, 0.3) is 0 Å². The summed E-state index contributed by atoms with van der Waals surface area (Å²) in [6, 6.07) is 10.8. The predicted octanol–water partition coefficient (Wildman–Crippen LogP) is 3.31. The maximum atomic E-state index is 12.2. The number of amides is 1. The van der Waals surface area contributed by atoms with Crippen LogP contribution < -0.4 is 10.6 Å². The highest BCUT2D eigenvalue weighted by atomic mass is 35.5. The number of carbonyl (C=O) groups is 1. The van der Waals surface area contributed by atoms with Gasteiger partial charge in [0.25, 0.3) is 5.91 Å². The van der Waals surface area contributed by atoms with Crippen LogP contribution in [0.1, 0.15) is 22.0 Å². The van der Waals surface area contributed by atoms with Gasteiger partial charge < -0.3 is 15.4 Å². The number of rotatable bonds is 4. The van der Waals surface area contributed by atoms with Gasteiger partial charge in [-0.3, -0.25) is 9.78 Å². The number of aromatic nitrogens is 1. The van der Waals surface area contributed by atoms with Crippen LogP contribution in [-0.2, 0) is 4.74 Å². The minimum Gasteiger partial charge on any atom is -0.374 e. The number of nitrogens with one attached hydrogen (secondary N) is 2. The van der Waals surface area contributed by atoms with E-state index in [-0.39, 0.29) is 30.3 Å². The lowest BCUT2D eigenvalue weighted by atomic mass is 9.93. The van der Waals surface area contributed by atoms with Crippen LogP contribution in [0.4, 0.5) is 0 Å². The van der Waals surface area contributed by atoms with Crippen LogP contribution in [0.3, 0.4) is 0 Å². The van der Waals surface area contributed by atoms with Crippen molar-refractivity contribution in [3.05, 3.63) is 63.9 Å². The molecule has 2 heterocycles. The standard InChI is InChI=1S/C18H19Cl2N3O2.ClH/c19-14-5-4-12(9-15(14)20)13-10-21-7-8-25-17(13)11-23-18(24)16-3-1-2-6-22-16;/h1-6,9,13,17,21H,7-8,10-11H2,(H,23,24);1H/t13-,17+;/m0./s1. The number of pyridine rings is 1. The molecule has 1 aromatic carbocycles. The minimum absolute atomic E-state index is 0. The number of ether oxygens (including phenoxy) is 1. The second kappa shape index (κ2) is 10.1. The SMILES string of the molecule is Cl.O=C(NC[C@H]1OCCNC[C@H]1c1ccc(Cl)c(Cl)c1)c1ccccn1. The van der Waals surface area contributed by atoms with Crippen molar-refractivity contribution in [3.63, 3.8) is 0 Å². The molecule has 0 aliphatic carbocycles. The molecule has 1 amide bonds. The summed E-state index contributed by atoms with van der Waals surface area (Å²) in [5.74, 6) is -0.157. The Hall–Kier alpha value is -1.37. The summed E-state index contributed by atoms with van der Waals surface area (Å²) in [5, 5.41) is 7.30. The number of halogens is 3. The van der Waals surface area contributed by atoms with Gasteiger partial charge in [-0.05, 0) is 29.8 Å². The predicted molar refractivity (Wildman–Crippen MR) is 106 cm³/mol. The maximum absolute atomic E-state index is 12.2. The van der Waals surface area contributed by atoms with Crippen LogP contribution in [-0.4, -0.2) is 43.2 Å². The molecule has 1 fully saturated rings. The Kier molecular flexibility index (Phi) is 8.13. The topological polar surface area (TPSA) is 63.2 Å². The molecule has 8 heteroatoms. The van der Waals surface area contributed by atoms with Crippen LogP contribution in [0, 0.1) is 0 Å². The van der Waals surface area contributed by atoms with E-state index in [0.29, 0.717) is 28.9 Å². The average Bonchev–Trinajstić information content (AvgIpc) is 2.88. The molecule has 0 saturated carbocycles. The number of hydrogen-bond donors (Lipinski definition) is 2. The lowest BCUT2D eigenvalue weighted by Gasteiger charge is -2.25. The molecule has 0 unspecified atom stereocenters. The molecule has 1 aliphatic heterocycles. The van der Waals surface area contributed by atoms with Crippen molar-refractivity contribution >= 4 is 41.5 Å². The molecule has 1 saturated heterocycles. The van der Waals surface area contributed by atoms with Gasteiger partial charge in [-0.2, -0.15) is 0 Å². The van der Waals surface area contributed by atoms with Gasteiger partial charge in [-0.15, -0.1) is 12.4 Å². The van der Waals surface area contributed by atoms with Gasteiger partial charge in [-0.25, -0.2) is 0 Å². The number of benzene rings is 1. The van der Waals surface area contributed by atoms with E-state index < -0.39 is 0 Å². The van der Waals surface area contributed by atoms with Crippen molar-refractivity contribution in [3.8, 4) is 0 Å². The van der Waals surface area contributed by atoms with Gasteiger partial charge in [0.1, 0.15) is 5.69 Å². The molecule has 1 aliphatic rings. The van der Waals surface area contributed by atoms with Crippen molar-refractivity contribution in [1.29, 1.82) is 0 Å².